The van der Waals surface area contributed by atoms with Crippen molar-refractivity contribution in [1.82, 2.24) is 5.32 Å². The Morgan fingerprint density at radius 2 is 2.00 bits per heavy atom. The van der Waals surface area contributed by atoms with Crippen LogP contribution in [0.25, 0.3) is 0 Å². The number of unbranched alkanes of at least 4 members (excludes halogenated alkanes) is 1. The first-order valence-electron chi connectivity index (χ1n) is 8.96. The van der Waals surface area contributed by atoms with Crippen LogP contribution in [-0.4, -0.2) is 48.9 Å². The SMILES string of the molecule is CCCCOC(=O)Nc1ccc(OCC(O)CNC(C)C)c(C(C)=O)c1. The second-order valence-corrected chi connectivity index (χ2v) is 6.41. The monoisotopic (exact) mass is 366 g/mol. The zero-order valence-electron chi connectivity index (χ0n) is 16.0. The van der Waals surface area contributed by atoms with Crippen molar-refractivity contribution in [2.24, 2.45) is 0 Å². The highest BCUT2D eigenvalue weighted by atomic mass is 16.5. The first-order chi connectivity index (χ1) is 12.3. The molecule has 1 amide bonds. The fourth-order valence-corrected chi connectivity index (χ4v) is 2.09. The molecule has 0 saturated carbocycles. The van der Waals surface area contributed by atoms with Crippen molar-refractivity contribution in [2.75, 3.05) is 25.1 Å². The van der Waals surface area contributed by atoms with Gasteiger partial charge in [-0.15, -0.1) is 0 Å². The Hall–Kier alpha value is -2.12. The number of benzene rings is 1. The van der Waals surface area contributed by atoms with Gasteiger partial charge in [-0.05, 0) is 31.5 Å². The van der Waals surface area contributed by atoms with E-state index >= 15 is 0 Å². The maximum absolute atomic E-state index is 11.9. The van der Waals surface area contributed by atoms with Gasteiger partial charge in [0, 0.05) is 18.3 Å². The zero-order valence-corrected chi connectivity index (χ0v) is 16.0. The van der Waals surface area contributed by atoms with E-state index in [4.69, 9.17) is 9.47 Å². The van der Waals surface area contributed by atoms with Crippen LogP contribution < -0.4 is 15.4 Å². The molecule has 7 heteroatoms. The largest absolute Gasteiger partial charge is 0.490 e. The van der Waals surface area contributed by atoms with Crippen LogP contribution in [0.15, 0.2) is 18.2 Å². The summed E-state index contributed by atoms with van der Waals surface area (Å²) in [5, 5.41) is 15.6. The maximum atomic E-state index is 11.9. The molecule has 0 spiro atoms. The van der Waals surface area contributed by atoms with Crippen molar-refractivity contribution in [3.63, 3.8) is 0 Å². The Kier molecular flexibility index (Phi) is 9.69. The number of ether oxygens (including phenoxy) is 2. The Labute approximate surface area is 155 Å². The number of anilines is 1. The number of carbonyl (C=O) groups is 2. The maximum Gasteiger partial charge on any atom is 0.411 e. The number of carbonyl (C=O) groups excluding carboxylic acids is 2. The molecule has 0 aliphatic carbocycles. The van der Waals surface area contributed by atoms with Crippen molar-refractivity contribution in [3.05, 3.63) is 23.8 Å². The lowest BCUT2D eigenvalue weighted by Gasteiger charge is -2.17. The number of amides is 1. The molecule has 26 heavy (non-hydrogen) atoms. The van der Waals surface area contributed by atoms with E-state index in [1.165, 1.54) is 13.0 Å². The quantitative estimate of drug-likeness (QED) is 0.411. The standard InChI is InChI=1S/C19H30N2O5/c1-5-6-9-25-19(24)21-15-7-8-18(17(10-15)14(4)22)26-12-16(23)11-20-13(2)3/h7-8,10,13,16,20,23H,5-6,9,11-12H2,1-4H3,(H,21,24). The molecular formula is C19H30N2O5. The molecule has 7 nitrogen and oxygen atoms in total. The molecular weight excluding hydrogens is 336 g/mol. The molecule has 1 aromatic carbocycles. The summed E-state index contributed by atoms with van der Waals surface area (Å²) < 4.78 is 10.6. The molecule has 0 heterocycles. The third-order valence-electron chi connectivity index (χ3n) is 3.53. The molecule has 0 fully saturated rings. The van der Waals surface area contributed by atoms with Crippen molar-refractivity contribution in [1.29, 1.82) is 0 Å². The smallest absolute Gasteiger partial charge is 0.411 e. The third-order valence-corrected chi connectivity index (χ3v) is 3.53. The average molecular weight is 366 g/mol. The number of hydrogen-bond acceptors (Lipinski definition) is 6. The number of aliphatic hydroxyl groups is 1. The van der Waals surface area contributed by atoms with Crippen LogP contribution in [0, 0.1) is 0 Å². The van der Waals surface area contributed by atoms with E-state index in [9.17, 15) is 14.7 Å². The van der Waals surface area contributed by atoms with E-state index in [2.05, 4.69) is 10.6 Å². The van der Waals surface area contributed by atoms with Gasteiger partial charge in [-0.2, -0.15) is 0 Å². The lowest BCUT2D eigenvalue weighted by molar-refractivity contribution is 0.0968. The number of hydrogen-bond donors (Lipinski definition) is 3. The molecule has 0 bridgehead atoms. The van der Waals surface area contributed by atoms with E-state index in [-0.39, 0.29) is 18.4 Å². The highest BCUT2D eigenvalue weighted by Gasteiger charge is 2.13. The fraction of sp³-hybridized carbons (Fsp3) is 0.579. The van der Waals surface area contributed by atoms with Gasteiger partial charge in [0.1, 0.15) is 18.5 Å². The average Bonchev–Trinajstić information content (AvgIpc) is 2.58. The third kappa shape index (κ3) is 8.31. The van der Waals surface area contributed by atoms with Crippen molar-refractivity contribution < 1.29 is 24.2 Å². The van der Waals surface area contributed by atoms with Crippen LogP contribution in [0.5, 0.6) is 5.75 Å². The summed E-state index contributed by atoms with van der Waals surface area (Å²) in [6.07, 6.45) is 0.486. The van der Waals surface area contributed by atoms with E-state index in [1.54, 1.807) is 12.1 Å². The van der Waals surface area contributed by atoms with Gasteiger partial charge in [-0.1, -0.05) is 27.2 Å². The summed E-state index contributed by atoms with van der Waals surface area (Å²) in [4.78, 5) is 23.6. The summed E-state index contributed by atoms with van der Waals surface area (Å²) in [5.74, 6) is 0.170. The van der Waals surface area contributed by atoms with Crippen molar-refractivity contribution in [2.45, 2.75) is 52.7 Å². The van der Waals surface area contributed by atoms with Crippen LogP contribution in [-0.2, 0) is 4.74 Å². The Morgan fingerprint density at radius 3 is 2.62 bits per heavy atom. The second kappa shape index (κ2) is 11.5. The van der Waals surface area contributed by atoms with Crippen LogP contribution in [0.1, 0.15) is 50.9 Å². The molecule has 0 saturated heterocycles. The van der Waals surface area contributed by atoms with Gasteiger partial charge in [-0.25, -0.2) is 4.79 Å². The summed E-state index contributed by atoms with van der Waals surface area (Å²) in [7, 11) is 0. The summed E-state index contributed by atoms with van der Waals surface area (Å²) >= 11 is 0. The van der Waals surface area contributed by atoms with Crippen LogP contribution in [0.3, 0.4) is 0 Å². The number of rotatable bonds is 11. The number of ketones is 1. The molecule has 1 unspecified atom stereocenters. The molecule has 0 aliphatic heterocycles. The summed E-state index contributed by atoms with van der Waals surface area (Å²) in [6.45, 7) is 8.21. The van der Waals surface area contributed by atoms with Gasteiger partial charge in [0.2, 0.25) is 0 Å². The number of nitrogens with one attached hydrogen (secondary N) is 2. The Bertz CT molecular complexity index is 589. The van der Waals surface area contributed by atoms with Crippen LogP contribution in [0.2, 0.25) is 0 Å². The first kappa shape index (κ1) is 21.9. The minimum absolute atomic E-state index is 0.0613. The van der Waals surface area contributed by atoms with Crippen LogP contribution >= 0.6 is 0 Å². The van der Waals surface area contributed by atoms with Gasteiger partial charge in [0.25, 0.3) is 0 Å². The molecule has 146 valence electrons. The number of Topliss-reactive ketones (excluding diaryl/α,β-unsaturated/α-hetero) is 1. The van der Waals surface area contributed by atoms with E-state index in [1.807, 2.05) is 20.8 Å². The van der Waals surface area contributed by atoms with Gasteiger partial charge in [-0.3, -0.25) is 10.1 Å². The van der Waals surface area contributed by atoms with Crippen molar-refractivity contribution in [3.8, 4) is 5.75 Å². The van der Waals surface area contributed by atoms with E-state index < -0.39 is 12.2 Å². The molecule has 1 atom stereocenters. The van der Waals surface area contributed by atoms with Gasteiger partial charge < -0.3 is 19.9 Å². The first-order valence-corrected chi connectivity index (χ1v) is 8.96. The zero-order chi connectivity index (χ0) is 19.5. The topological polar surface area (TPSA) is 96.9 Å². The Morgan fingerprint density at radius 1 is 1.27 bits per heavy atom. The molecule has 3 N–H and O–H groups in total. The number of aliphatic hydroxyl groups excluding tert-OH is 1. The lowest BCUT2D eigenvalue weighted by atomic mass is 10.1. The van der Waals surface area contributed by atoms with E-state index in [0.29, 0.717) is 30.2 Å². The highest BCUT2D eigenvalue weighted by molar-refractivity contribution is 5.98. The predicted octanol–water partition coefficient (Wildman–Crippen LogP) is 2.98. The Balaban J connectivity index is 2.67. The van der Waals surface area contributed by atoms with Crippen molar-refractivity contribution >= 4 is 17.6 Å². The minimum Gasteiger partial charge on any atom is -0.490 e. The summed E-state index contributed by atoms with van der Waals surface area (Å²) in [6, 6.07) is 5.03. The van der Waals surface area contributed by atoms with Gasteiger partial charge >= 0.3 is 6.09 Å². The molecule has 0 aromatic heterocycles. The predicted molar refractivity (Wildman–Crippen MR) is 101 cm³/mol. The molecule has 0 radical (unpaired) electrons. The van der Waals surface area contributed by atoms with E-state index in [0.717, 1.165) is 12.8 Å². The van der Waals surface area contributed by atoms with Gasteiger partial charge in [0.15, 0.2) is 5.78 Å². The fourth-order valence-electron chi connectivity index (χ4n) is 2.09. The highest BCUT2D eigenvalue weighted by Crippen LogP contribution is 2.24. The molecule has 1 aromatic rings. The normalized spacial score (nSPS) is 11.9. The van der Waals surface area contributed by atoms with Gasteiger partial charge in [0.05, 0.1) is 12.2 Å². The second-order valence-electron chi connectivity index (χ2n) is 6.41. The summed E-state index contributed by atoms with van der Waals surface area (Å²) in [5.41, 5.74) is 0.784. The lowest BCUT2D eigenvalue weighted by Crippen LogP contribution is -2.35. The van der Waals surface area contributed by atoms with Crippen LogP contribution in [0.4, 0.5) is 10.5 Å². The molecule has 1 rings (SSSR count). The molecule has 0 aliphatic rings. The minimum atomic E-state index is -0.691.